The Balaban J connectivity index is 1.68. The molecule has 0 N–H and O–H groups in total. The van der Waals surface area contributed by atoms with Crippen LogP contribution in [-0.4, -0.2) is 99.9 Å². The molecular formula is C18H23N3O7S. The fourth-order valence-electron chi connectivity index (χ4n) is 3.28. The molecule has 2 aliphatic heterocycles. The highest BCUT2D eigenvalue weighted by Crippen LogP contribution is 2.22. The van der Waals surface area contributed by atoms with E-state index in [0.29, 0.717) is 26.3 Å². The van der Waals surface area contributed by atoms with Crippen LogP contribution >= 0.6 is 0 Å². The Morgan fingerprint density at radius 3 is 2.03 bits per heavy atom. The molecule has 2 heterocycles. The molecule has 2 saturated heterocycles. The number of amides is 2. The molecule has 0 aliphatic carbocycles. The number of morpholine rings is 1. The minimum absolute atomic E-state index is 0.0277. The van der Waals surface area contributed by atoms with E-state index in [4.69, 9.17) is 4.74 Å². The largest absolute Gasteiger partial charge is 0.465 e. The zero-order valence-corrected chi connectivity index (χ0v) is 16.9. The first-order valence-corrected chi connectivity index (χ1v) is 10.6. The summed E-state index contributed by atoms with van der Waals surface area (Å²) in [7, 11) is -2.77. The van der Waals surface area contributed by atoms with Crippen LogP contribution in [0.4, 0.5) is 0 Å². The van der Waals surface area contributed by atoms with E-state index in [9.17, 15) is 22.8 Å². The molecule has 1 aromatic rings. The number of esters is 1. The third kappa shape index (κ3) is 4.41. The molecule has 2 amide bonds. The average Bonchev–Trinajstić information content (AvgIpc) is 2.78. The van der Waals surface area contributed by atoms with Crippen LogP contribution in [0.15, 0.2) is 29.2 Å². The topological polar surface area (TPSA) is 114 Å². The van der Waals surface area contributed by atoms with E-state index in [1.807, 2.05) is 0 Å². The van der Waals surface area contributed by atoms with Crippen LogP contribution in [0.1, 0.15) is 10.4 Å². The quantitative estimate of drug-likeness (QED) is 0.459. The standard InChI is InChI=1S/C18H23N3O7S/c1-27-18(24)14-4-2-3-5-15(14)29(25,26)21-8-6-19(7-9-21)16(22)17(23)20-10-12-28-13-11-20/h2-5H,6-13H2,1H3. The van der Waals surface area contributed by atoms with Gasteiger partial charge in [-0.1, -0.05) is 12.1 Å². The highest BCUT2D eigenvalue weighted by Gasteiger charge is 2.35. The second-order valence-electron chi connectivity index (χ2n) is 6.59. The van der Waals surface area contributed by atoms with Gasteiger partial charge in [0, 0.05) is 39.3 Å². The summed E-state index contributed by atoms with van der Waals surface area (Å²) in [6, 6.07) is 5.82. The number of hydrogen-bond donors (Lipinski definition) is 0. The molecule has 0 bridgehead atoms. The van der Waals surface area contributed by atoms with Crippen LogP contribution in [0.3, 0.4) is 0 Å². The van der Waals surface area contributed by atoms with Crippen molar-refractivity contribution in [1.29, 1.82) is 0 Å². The van der Waals surface area contributed by atoms with Gasteiger partial charge in [-0.15, -0.1) is 0 Å². The van der Waals surface area contributed by atoms with Crippen LogP contribution in [0.25, 0.3) is 0 Å². The summed E-state index contributed by atoms with van der Waals surface area (Å²) in [6.07, 6.45) is 0. The number of benzene rings is 1. The van der Waals surface area contributed by atoms with E-state index in [0.717, 1.165) is 0 Å². The number of carbonyl (C=O) groups excluding carboxylic acids is 3. The Morgan fingerprint density at radius 1 is 0.897 bits per heavy atom. The van der Waals surface area contributed by atoms with E-state index in [2.05, 4.69) is 4.74 Å². The summed E-state index contributed by atoms with van der Waals surface area (Å²) in [5.41, 5.74) is -0.0454. The zero-order chi connectivity index (χ0) is 21.0. The lowest BCUT2D eigenvalue weighted by atomic mass is 10.2. The van der Waals surface area contributed by atoms with Gasteiger partial charge in [-0.2, -0.15) is 4.31 Å². The molecule has 3 rings (SSSR count). The second kappa shape index (κ2) is 8.89. The first kappa shape index (κ1) is 21.2. The smallest absolute Gasteiger partial charge is 0.339 e. The van der Waals surface area contributed by atoms with Crippen molar-refractivity contribution in [3.8, 4) is 0 Å². The molecule has 0 spiro atoms. The summed E-state index contributed by atoms with van der Waals surface area (Å²) in [5.74, 6) is -1.98. The lowest BCUT2D eigenvalue weighted by Crippen LogP contribution is -2.55. The van der Waals surface area contributed by atoms with Gasteiger partial charge in [0.2, 0.25) is 10.0 Å². The zero-order valence-electron chi connectivity index (χ0n) is 16.1. The summed E-state index contributed by atoms with van der Waals surface area (Å²) < 4.78 is 37.1. The van der Waals surface area contributed by atoms with Gasteiger partial charge < -0.3 is 19.3 Å². The Labute approximate surface area is 169 Å². The molecule has 10 nitrogen and oxygen atoms in total. The molecule has 2 fully saturated rings. The van der Waals surface area contributed by atoms with Gasteiger partial charge >= 0.3 is 17.8 Å². The normalized spacial score (nSPS) is 18.4. The fraction of sp³-hybridized carbons (Fsp3) is 0.500. The molecule has 0 aromatic heterocycles. The molecule has 1 aromatic carbocycles. The van der Waals surface area contributed by atoms with E-state index < -0.39 is 27.8 Å². The fourth-order valence-corrected chi connectivity index (χ4v) is 4.88. The van der Waals surface area contributed by atoms with Crippen LogP contribution in [0.5, 0.6) is 0 Å². The van der Waals surface area contributed by atoms with Crippen molar-refractivity contribution >= 4 is 27.8 Å². The summed E-state index contributed by atoms with van der Waals surface area (Å²) in [5, 5.41) is 0. The molecule has 0 atom stereocenters. The monoisotopic (exact) mass is 425 g/mol. The van der Waals surface area contributed by atoms with E-state index >= 15 is 0 Å². The van der Waals surface area contributed by atoms with Crippen molar-refractivity contribution < 1.29 is 32.3 Å². The molecular weight excluding hydrogens is 402 g/mol. The van der Waals surface area contributed by atoms with Crippen molar-refractivity contribution in [2.75, 3.05) is 59.6 Å². The van der Waals surface area contributed by atoms with E-state index in [-0.39, 0.29) is 36.6 Å². The third-order valence-corrected chi connectivity index (χ3v) is 6.87. The molecule has 2 aliphatic rings. The Kier molecular flexibility index (Phi) is 6.50. The maximum atomic E-state index is 13.0. The maximum absolute atomic E-state index is 13.0. The van der Waals surface area contributed by atoms with Crippen LogP contribution < -0.4 is 0 Å². The van der Waals surface area contributed by atoms with Crippen LogP contribution in [-0.2, 0) is 29.1 Å². The molecule has 0 saturated carbocycles. The highest BCUT2D eigenvalue weighted by molar-refractivity contribution is 7.89. The first-order valence-electron chi connectivity index (χ1n) is 9.19. The molecule has 0 radical (unpaired) electrons. The first-order chi connectivity index (χ1) is 13.9. The van der Waals surface area contributed by atoms with Gasteiger partial charge in [-0.3, -0.25) is 9.59 Å². The number of rotatable bonds is 3. The minimum Gasteiger partial charge on any atom is -0.465 e. The number of piperazine rings is 1. The van der Waals surface area contributed by atoms with Crippen molar-refractivity contribution in [3.05, 3.63) is 29.8 Å². The predicted molar refractivity (Wildman–Crippen MR) is 101 cm³/mol. The molecule has 158 valence electrons. The second-order valence-corrected chi connectivity index (χ2v) is 8.49. The van der Waals surface area contributed by atoms with Crippen molar-refractivity contribution in [2.24, 2.45) is 0 Å². The van der Waals surface area contributed by atoms with Gasteiger partial charge in [0.05, 0.1) is 30.8 Å². The molecule has 29 heavy (non-hydrogen) atoms. The van der Waals surface area contributed by atoms with Gasteiger partial charge in [-0.25, -0.2) is 13.2 Å². The number of hydrogen-bond acceptors (Lipinski definition) is 7. The van der Waals surface area contributed by atoms with Crippen LogP contribution in [0.2, 0.25) is 0 Å². The van der Waals surface area contributed by atoms with Gasteiger partial charge in [0.15, 0.2) is 0 Å². The Hall–Kier alpha value is -2.50. The Morgan fingerprint density at radius 2 is 1.45 bits per heavy atom. The minimum atomic E-state index is -3.95. The van der Waals surface area contributed by atoms with E-state index in [1.54, 1.807) is 6.07 Å². The maximum Gasteiger partial charge on any atom is 0.339 e. The molecule has 0 unspecified atom stereocenters. The summed E-state index contributed by atoms with van der Waals surface area (Å²) in [4.78, 5) is 39.4. The predicted octanol–water partition coefficient (Wildman–Crippen LogP) is -0.835. The lowest BCUT2D eigenvalue weighted by molar-refractivity contribution is -0.154. The Bertz CT molecular complexity index is 888. The van der Waals surface area contributed by atoms with Crippen LogP contribution in [0, 0.1) is 0 Å². The number of carbonyl (C=O) groups is 3. The van der Waals surface area contributed by atoms with Crippen molar-refractivity contribution in [1.82, 2.24) is 14.1 Å². The summed E-state index contributed by atoms with van der Waals surface area (Å²) >= 11 is 0. The number of nitrogens with zero attached hydrogens (tertiary/aromatic N) is 3. The lowest BCUT2D eigenvalue weighted by Gasteiger charge is -2.35. The number of ether oxygens (including phenoxy) is 2. The van der Waals surface area contributed by atoms with Crippen molar-refractivity contribution in [3.63, 3.8) is 0 Å². The third-order valence-electron chi connectivity index (χ3n) is 4.92. The highest BCUT2D eigenvalue weighted by atomic mass is 32.2. The summed E-state index contributed by atoms with van der Waals surface area (Å²) in [6.45, 7) is 1.75. The average molecular weight is 425 g/mol. The SMILES string of the molecule is COC(=O)c1ccccc1S(=O)(=O)N1CCN(C(=O)C(=O)N2CCOCC2)CC1. The van der Waals surface area contributed by atoms with Gasteiger partial charge in [-0.05, 0) is 12.1 Å². The van der Waals surface area contributed by atoms with Gasteiger partial charge in [0.25, 0.3) is 0 Å². The van der Waals surface area contributed by atoms with E-state index in [1.165, 1.54) is 39.4 Å². The molecule has 11 heteroatoms. The van der Waals surface area contributed by atoms with Crippen molar-refractivity contribution in [2.45, 2.75) is 4.90 Å². The number of sulfonamides is 1. The van der Waals surface area contributed by atoms with Gasteiger partial charge in [0.1, 0.15) is 0 Å². The number of methoxy groups -OCH3 is 1.